The molecule has 2 aliphatic rings. The van der Waals surface area contributed by atoms with Crippen molar-refractivity contribution in [3.63, 3.8) is 0 Å². The van der Waals surface area contributed by atoms with Crippen LogP contribution in [0.3, 0.4) is 0 Å². The summed E-state index contributed by atoms with van der Waals surface area (Å²) < 4.78 is 13.1. The van der Waals surface area contributed by atoms with Gasteiger partial charge in [-0.05, 0) is 47.7 Å². The van der Waals surface area contributed by atoms with Crippen LogP contribution in [0, 0.1) is 11.7 Å². The Morgan fingerprint density at radius 2 is 1.76 bits per heavy atom. The second-order valence-electron chi connectivity index (χ2n) is 6.67. The van der Waals surface area contributed by atoms with Crippen LogP contribution in [-0.4, -0.2) is 28.9 Å². The van der Waals surface area contributed by atoms with Crippen molar-refractivity contribution in [3.05, 3.63) is 70.5 Å². The normalized spacial score (nSPS) is 25.7. The second kappa shape index (κ2) is 7.00. The summed E-state index contributed by atoms with van der Waals surface area (Å²) in [6.45, 7) is 0.781. The average Bonchev–Trinajstić information content (AvgIpc) is 3.43. The first kappa shape index (κ1) is 16.9. The van der Waals surface area contributed by atoms with Gasteiger partial charge in [0.1, 0.15) is 5.82 Å². The molecular weight excluding hydrogens is 357 g/mol. The standard InChI is InChI=1S/C20H19ClFNOS/c21-15-5-1-14(2-6-15)19-12-25-10-9-23(19)20(24)18-11-17(18)13-3-7-16(22)8-4-13/h1-8,17-19H,9-12H2/t17-,18+,19+/m0/s1. The minimum atomic E-state index is -0.233. The molecule has 1 amide bonds. The van der Waals surface area contributed by atoms with Crippen LogP contribution in [0.25, 0.3) is 0 Å². The molecule has 1 saturated carbocycles. The quantitative estimate of drug-likeness (QED) is 0.760. The van der Waals surface area contributed by atoms with Gasteiger partial charge in [0, 0.05) is 29.0 Å². The number of carbonyl (C=O) groups excluding carboxylic acids is 1. The van der Waals surface area contributed by atoms with E-state index in [2.05, 4.69) is 0 Å². The molecule has 0 aromatic heterocycles. The van der Waals surface area contributed by atoms with Crippen molar-refractivity contribution in [3.8, 4) is 0 Å². The fourth-order valence-corrected chi connectivity index (χ4v) is 4.80. The van der Waals surface area contributed by atoms with Crippen LogP contribution in [0.2, 0.25) is 5.02 Å². The van der Waals surface area contributed by atoms with Crippen molar-refractivity contribution in [2.45, 2.75) is 18.4 Å². The maximum absolute atomic E-state index is 13.1. The lowest BCUT2D eigenvalue weighted by Crippen LogP contribution is -2.41. The summed E-state index contributed by atoms with van der Waals surface area (Å²) in [5, 5.41) is 0.712. The highest BCUT2D eigenvalue weighted by Crippen LogP contribution is 2.49. The van der Waals surface area contributed by atoms with E-state index in [0.717, 1.165) is 35.6 Å². The minimum absolute atomic E-state index is 0.0309. The van der Waals surface area contributed by atoms with E-state index in [-0.39, 0.29) is 29.6 Å². The smallest absolute Gasteiger partial charge is 0.226 e. The molecular formula is C20H19ClFNOS. The molecule has 0 spiro atoms. The highest BCUT2D eigenvalue weighted by Gasteiger charge is 2.47. The lowest BCUT2D eigenvalue weighted by molar-refractivity contribution is -0.134. The maximum Gasteiger partial charge on any atom is 0.226 e. The van der Waals surface area contributed by atoms with Gasteiger partial charge in [-0.3, -0.25) is 4.79 Å². The number of benzene rings is 2. The van der Waals surface area contributed by atoms with Crippen LogP contribution in [0.5, 0.6) is 0 Å². The molecule has 2 nitrogen and oxygen atoms in total. The molecule has 2 aromatic rings. The molecule has 0 radical (unpaired) electrons. The summed E-state index contributed by atoms with van der Waals surface area (Å²) in [5.74, 6) is 2.15. The molecule has 0 N–H and O–H groups in total. The number of amides is 1. The van der Waals surface area contributed by atoms with Crippen LogP contribution in [0.1, 0.15) is 29.5 Å². The Morgan fingerprint density at radius 3 is 2.48 bits per heavy atom. The highest BCUT2D eigenvalue weighted by molar-refractivity contribution is 7.99. The average molecular weight is 376 g/mol. The minimum Gasteiger partial charge on any atom is -0.334 e. The Morgan fingerprint density at radius 1 is 1.08 bits per heavy atom. The zero-order chi connectivity index (χ0) is 17.4. The molecule has 5 heteroatoms. The molecule has 1 heterocycles. The first-order chi connectivity index (χ1) is 12.1. The number of carbonyl (C=O) groups is 1. The van der Waals surface area contributed by atoms with Gasteiger partial charge >= 0.3 is 0 Å². The number of rotatable bonds is 3. The summed E-state index contributed by atoms with van der Waals surface area (Å²) in [6.07, 6.45) is 0.863. The molecule has 0 bridgehead atoms. The zero-order valence-corrected chi connectivity index (χ0v) is 15.3. The molecule has 25 heavy (non-hydrogen) atoms. The molecule has 1 saturated heterocycles. The third-order valence-electron chi connectivity index (χ3n) is 5.07. The zero-order valence-electron chi connectivity index (χ0n) is 13.7. The molecule has 3 atom stereocenters. The molecule has 130 valence electrons. The van der Waals surface area contributed by atoms with Gasteiger partial charge in [0.05, 0.1) is 6.04 Å². The van der Waals surface area contributed by atoms with E-state index < -0.39 is 0 Å². The SMILES string of the molecule is O=C([C@@H]1C[C@H]1c1ccc(F)cc1)N1CCSC[C@@H]1c1ccc(Cl)cc1. The van der Waals surface area contributed by atoms with Crippen LogP contribution < -0.4 is 0 Å². The molecule has 4 rings (SSSR count). The predicted molar refractivity (Wildman–Crippen MR) is 100 cm³/mol. The molecule has 1 aliphatic carbocycles. The number of nitrogens with zero attached hydrogens (tertiary/aromatic N) is 1. The van der Waals surface area contributed by atoms with E-state index in [1.807, 2.05) is 40.9 Å². The van der Waals surface area contributed by atoms with Crippen molar-refractivity contribution in [2.75, 3.05) is 18.1 Å². The summed E-state index contributed by atoms with van der Waals surface area (Å²) in [6, 6.07) is 14.5. The lowest BCUT2D eigenvalue weighted by atomic mass is 10.0. The second-order valence-corrected chi connectivity index (χ2v) is 8.26. The molecule has 2 aromatic carbocycles. The van der Waals surface area contributed by atoms with Gasteiger partial charge in [-0.25, -0.2) is 4.39 Å². The monoisotopic (exact) mass is 375 g/mol. The fraction of sp³-hybridized carbons (Fsp3) is 0.350. The maximum atomic E-state index is 13.1. The van der Waals surface area contributed by atoms with E-state index in [4.69, 9.17) is 11.6 Å². The van der Waals surface area contributed by atoms with E-state index in [1.165, 1.54) is 12.1 Å². The Hall–Kier alpha value is -1.52. The van der Waals surface area contributed by atoms with Crippen LogP contribution >= 0.6 is 23.4 Å². The summed E-state index contributed by atoms with van der Waals surface area (Å²) in [4.78, 5) is 15.1. The fourth-order valence-electron chi connectivity index (χ4n) is 3.59. The van der Waals surface area contributed by atoms with Gasteiger partial charge in [0.15, 0.2) is 0 Å². The highest BCUT2D eigenvalue weighted by atomic mass is 35.5. The Labute approximate surface area is 156 Å². The van der Waals surface area contributed by atoms with Crippen molar-refractivity contribution >= 4 is 29.3 Å². The van der Waals surface area contributed by atoms with Crippen LogP contribution in [0.15, 0.2) is 48.5 Å². The van der Waals surface area contributed by atoms with E-state index in [1.54, 1.807) is 12.1 Å². The first-order valence-electron chi connectivity index (χ1n) is 8.52. The third kappa shape index (κ3) is 3.56. The van der Waals surface area contributed by atoms with Crippen LogP contribution in [-0.2, 0) is 4.79 Å². The Balaban J connectivity index is 1.50. The lowest BCUT2D eigenvalue weighted by Gasteiger charge is -2.36. The van der Waals surface area contributed by atoms with Gasteiger partial charge in [0.25, 0.3) is 0 Å². The van der Waals surface area contributed by atoms with Gasteiger partial charge in [-0.2, -0.15) is 11.8 Å². The Bertz CT molecular complexity index is 764. The van der Waals surface area contributed by atoms with Gasteiger partial charge in [0.2, 0.25) is 5.91 Å². The molecule has 1 aliphatic heterocycles. The first-order valence-corrected chi connectivity index (χ1v) is 10.1. The summed E-state index contributed by atoms with van der Waals surface area (Å²) in [5.41, 5.74) is 2.21. The van der Waals surface area contributed by atoms with Crippen molar-refractivity contribution in [1.29, 1.82) is 0 Å². The Kier molecular flexibility index (Phi) is 4.74. The van der Waals surface area contributed by atoms with E-state index in [0.29, 0.717) is 5.02 Å². The predicted octanol–water partition coefficient (Wildman–Crippen LogP) is 4.90. The van der Waals surface area contributed by atoms with Crippen molar-refractivity contribution in [1.82, 2.24) is 4.90 Å². The summed E-state index contributed by atoms with van der Waals surface area (Å²) >= 11 is 7.88. The van der Waals surface area contributed by atoms with Gasteiger partial charge < -0.3 is 4.90 Å². The number of thioether (sulfide) groups is 1. The number of hydrogen-bond donors (Lipinski definition) is 0. The van der Waals surface area contributed by atoms with Crippen LogP contribution in [0.4, 0.5) is 4.39 Å². The molecule has 0 unspecified atom stereocenters. The third-order valence-corrected chi connectivity index (χ3v) is 6.35. The number of halogens is 2. The molecule has 2 fully saturated rings. The number of hydrogen-bond acceptors (Lipinski definition) is 2. The van der Waals surface area contributed by atoms with Crippen molar-refractivity contribution in [2.24, 2.45) is 5.92 Å². The van der Waals surface area contributed by atoms with Gasteiger partial charge in [-0.15, -0.1) is 0 Å². The topological polar surface area (TPSA) is 20.3 Å². The van der Waals surface area contributed by atoms with E-state index >= 15 is 0 Å². The van der Waals surface area contributed by atoms with Crippen molar-refractivity contribution < 1.29 is 9.18 Å². The largest absolute Gasteiger partial charge is 0.334 e. The van der Waals surface area contributed by atoms with Gasteiger partial charge in [-0.1, -0.05) is 35.9 Å². The van der Waals surface area contributed by atoms with E-state index in [9.17, 15) is 9.18 Å². The summed E-state index contributed by atoms with van der Waals surface area (Å²) in [7, 11) is 0.